The summed E-state index contributed by atoms with van der Waals surface area (Å²) in [5.74, 6) is 2.71. The van der Waals surface area contributed by atoms with E-state index in [4.69, 9.17) is 10.5 Å². The van der Waals surface area contributed by atoms with Gasteiger partial charge in [0.05, 0.1) is 0 Å². The highest BCUT2D eigenvalue weighted by molar-refractivity contribution is 5.68. The summed E-state index contributed by atoms with van der Waals surface area (Å²) in [7, 11) is 0. The maximum atomic E-state index is 12.2. The van der Waals surface area contributed by atoms with E-state index in [1.807, 2.05) is 38.7 Å². The van der Waals surface area contributed by atoms with Crippen LogP contribution < -0.4 is 10.6 Å². The number of ether oxygens (including phenoxy) is 1. The zero-order valence-electron chi connectivity index (χ0n) is 17.1. The fourth-order valence-electron chi connectivity index (χ4n) is 4.22. The van der Waals surface area contributed by atoms with Crippen molar-refractivity contribution in [3.05, 3.63) is 11.8 Å². The Morgan fingerprint density at radius 1 is 1.07 bits per heavy atom. The highest BCUT2D eigenvalue weighted by Crippen LogP contribution is 2.34. The Kier molecular flexibility index (Phi) is 5.77. The normalized spacial score (nSPS) is 20.0. The van der Waals surface area contributed by atoms with E-state index in [-0.39, 0.29) is 6.09 Å². The van der Waals surface area contributed by atoms with Crippen molar-refractivity contribution >= 4 is 17.9 Å². The second kappa shape index (κ2) is 7.90. The van der Waals surface area contributed by atoms with Crippen LogP contribution in [0.5, 0.6) is 0 Å². The van der Waals surface area contributed by atoms with E-state index in [0.29, 0.717) is 11.9 Å². The molecule has 2 saturated heterocycles. The number of carbonyl (C=O) groups is 1. The van der Waals surface area contributed by atoms with Crippen molar-refractivity contribution in [1.82, 2.24) is 14.9 Å². The molecule has 3 rings (SSSR count). The topological polar surface area (TPSA) is 84.6 Å². The number of hydrogen-bond acceptors (Lipinski definition) is 6. The number of likely N-dealkylation sites (tertiary alicyclic amines) is 1. The number of hydrogen-bond donors (Lipinski definition) is 1. The van der Waals surface area contributed by atoms with E-state index in [9.17, 15) is 4.79 Å². The first-order valence-corrected chi connectivity index (χ1v) is 10.1. The predicted octanol–water partition coefficient (Wildman–Crippen LogP) is 3.23. The Balaban J connectivity index is 1.48. The summed E-state index contributed by atoms with van der Waals surface area (Å²) in [4.78, 5) is 25.0. The molecule has 0 radical (unpaired) electrons. The molecule has 7 nitrogen and oxygen atoms in total. The molecule has 1 aromatic rings. The van der Waals surface area contributed by atoms with Crippen LogP contribution in [0.25, 0.3) is 0 Å². The van der Waals surface area contributed by atoms with Crippen LogP contribution in [0.15, 0.2) is 6.07 Å². The highest BCUT2D eigenvalue weighted by Gasteiger charge is 2.32. The lowest BCUT2D eigenvalue weighted by molar-refractivity contribution is 0.0152. The van der Waals surface area contributed by atoms with Crippen LogP contribution in [0, 0.1) is 18.8 Å². The molecule has 1 amide bonds. The fraction of sp³-hybridized carbons (Fsp3) is 0.750. The quantitative estimate of drug-likeness (QED) is 0.854. The largest absolute Gasteiger partial charge is 0.444 e. The Morgan fingerprint density at radius 2 is 1.63 bits per heavy atom. The van der Waals surface area contributed by atoms with E-state index in [0.717, 1.165) is 56.5 Å². The third kappa shape index (κ3) is 5.23. The highest BCUT2D eigenvalue weighted by atomic mass is 16.6. The number of carbonyl (C=O) groups excluding carboxylic acids is 1. The van der Waals surface area contributed by atoms with Gasteiger partial charge in [-0.25, -0.2) is 9.78 Å². The molecule has 3 heterocycles. The molecule has 2 aliphatic rings. The fourth-order valence-corrected chi connectivity index (χ4v) is 4.22. The summed E-state index contributed by atoms with van der Waals surface area (Å²) in [6, 6.07) is 2.01. The predicted molar refractivity (Wildman–Crippen MR) is 107 cm³/mol. The number of aromatic nitrogens is 2. The van der Waals surface area contributed by atoms with Crippen LogP contribution >= 0.6 is 0 Å². The third-order valence-corrected chi connectivity index (χ3v) is 5.58. The lowest BCUT2D eigenvalue weighted by Crippen LogP contribution is -2.44. The van der Waals surface area contributed by atoms with Gasteiger partial charge < -0.3 is 20.3 Å². The van der Waals surface area contributed by atoms with Crippen molar-refractivity contribution in [3.8, 4) is 0 Å². The number of nitrogens with two attached hydrogens (primary N) is 1. The van der Waals surface area contributed by atoms with Crippen molar-refractivity contribution in [1.29, 1.82) is 0 Å². The van der Waals surface area contributed by atoms with Crippen LogP contribution in [0.1, 0.15) is 52.1 Å². The van der Waals surface area contributed by atoms with Gasteiger partial charge in [0.15, 0.2) is 0 Å². The number of nitrogens with zero attached hydrogens (tertiary/aromatic N) is 4. The molecule has 27 heavy (non-hydrogen) atoms. The lowest BCUT2D eigenvalue weighted by Gasteiger charge is -2.40. The first-order valence-electron chi connectivity index (χ1n) is 10.1. The van der Waals surface area contributed by atoms with E-state index >= 15 is 0 Å². The lowest BCUT2D eigenvalue weighted by atomic mass is 9.79. The van der Waals surface area contributed by atoms with Gasteiger partial charge in [0, 0.05) is 37.9 Å². The molecule has 0 aromatic carbocycles. The van der Waals surface area contributed by atoms with Crippen molar-refractivity contribution in [3.63, 3.8) is 0 Å². The summed E-state index contributed by atoms with van der Waals surface area (Å²) in [6.07, 6.45) is 4.31. The number of rotatable bonds is 2. The average Bonchev–Trinajstić information content (AvgIpc) is 2.60. The van der Waals surface area contributed by atoms with E-state index in [1.54, 1.807) is 0 Å². The minimum atomic E-state index is -0.427. The molecule has 7 heteroatoms. The molecular formula is C20H33N5O2. The Morgan fingerprint density at radius 3 is 2.15 bits per heavy atom. The van der Waals surface area contributed by atoms with Gasteiger partial charge in [0.25, 0.3) is 0 Å². The second-order valence-electron chi connectivity index (χ2n) is 8.86. The van der Waals surface area contributed by atoms with Gasteiger partial charge in [-0.2, -0.15) is 4.98 Å². The Labute approximate surface area is 162 Å². The number of amides is 1. The van der Waals surface area contributed by atoms with Gasteiger partial charge in [-0.15, -0.1) is 0 Å². The standard InChI is InChI=1S/C20H33N5O2/c1-14-13-17(23-18(21)22-14)24-9-5-15(6-10-24)16-7-11-25(12-8-16)19(26)27-20(2,3)4/h13,15-16H,5-12H2,1-4H3,(H2,21,22,23). The summed E-state index contributed by atoms with van der Waals surface area (Å²) < 4.78 is 5.50. The van der Waals surface area contributed by atoms with Crippen molar-refractivity contribution in [2.45, 2.75) is 59.0 Å². The molecule has 0 bridgehead atoms. The van der Waals surface area contributed by atoms with Crippen LogP contribution in [0.2, 0.25) is 0 Å². The summed E-state index contributed by atoms with van der Waals surface area (Å²) in [6.45, 7) is 11.3. The minimum absolute atomic E-state index is 0.174. The van der Waals surface area contributed by atoms with Gasteiger partial charge in [0.2, 0.25) is 5.95 Å². The minimum Gasteiger partial charge on any atom is -0.444 e. The maximum Gasteiger partial charge on any atom is 0.410 e. The second-order valence-corrected chi connectivity index (χ2v) is 8.86. The van der Waals surface area contributed by atoms with Crippen LogP contribution in [-0.2, 0) is 4.74 Å². The molecule has 0 aliphatic carbocycles. The van der Waals surface area contributed by atoms with Gasteiger partial charge in [0.1, 0.15) is 11.4 Å². The molecule has 1 aromatic heterocycles. The van der Waals surface area contributed by atoms with Crippen LogP contribution in [0.4, 0.5) is 16.6 Å². The number of anilines is 2. The molecule has 0 unspecified atom stereocenters. The third-order valence-electron chi connectivity index (χ3n) is 5.58. The number of aryl methyl sites for hydroxylation is 1. The Bertz CT molecular complexity index is 637. The monoisotopic (exact) mass is 375 g/mol. The number of piperidine rings is 2. The van der Waals surface area contributed by atoms with E-state index in [2.05, 4.69) is 14.9 Å². The maximum absolute atomic E-state index is 12.2. The molecule has 0 spiro atoms. The molecular weight excluding hydrogens is 342 g/mol. The van der Waals surface area contributed by atoms with Gasteiger partial charge in [-0.3, -0.25) is 0 Å². The summed E-state index contributed by atoms with van der Waals surface area (Å²) >= 11 is 0. The first kappa shape index (κ1) is 19.7. The van der Waals surface area contributed by atoms with Gasteiger partial charge >= 0.3 is 6.09 Å². The summed E-state index contributed by atoms with van der Waals surface area (Å²) in [5, 5.41) is 0. The van der Waals surface area contributed by atoms with Gasteiger partial charge in [-0.1, -0.05) is 0 Å². The van der Waals surface area contributed by atoms with Gasteiger partial charge in [-0.05, 0) is 65.2 Å². The molecule has 2 fully saturated rings. The smallest absolute Gasteiger partial charge is 0.410 e. The number of nitrogen functional groups attached to an aromatic ring is 1. The molecule has 2 aliphatic heterocycles. The van der Waals surface area contributed by atoms with E-state index < -0.39 is 5.60 Å². The first-order chi connectivity index (χ1) is 12.7. The Hall–Kier alpha value is -2.05. The van der Waals surface area contributed by atoms with Crippen molar-refractivity contribution in [2.24, 2.45) is 11.8 Å². The van der Waals surface area contributed by atoms with Crippen LogP contribution in [-0.4, -0.2) is 52.7 Å². The zero-order valence-corrected chi connectivity index (χ0v) is 17.1. The zero-order chi connectivity index (χ0) is 19.6. The van der Waals surface area contributed by atoms with Crippen molar-refractivity contribution in [2.75, 3.05) is 36.8 Å². The average molecular weight is 376 g/mol. The van der Waals surface area contributed by atoms with Crippen LogP contribution in [0.3, 0.4) is 0 Å². The molecule has 2 N–H and O–H groups in total. The molecule has 0 saturated carbocycles. The molecule has 150 valence electrons. The van der Waals surface area contributed by atoms with Crippen molar-refractivity contribution < 1.29 is 9.53 Å². The summed E-state index contributed by atoms with van der Waals surface area (Å²) in [5.41, 5.74) is 6.28. The van der Waals surface area contributed by atoms with E-state index in [1.165, 1.54) is 12.8 Å². The molecule has 0 atom stereocenters. The SMILES string of the molecule is Cc1cc(N2CCC(C3CCN(C(=O)OC(C)(C)C)CC3)CC2)nc(N)n1.